The molecule has 0 saturated heterocycles. The van der Waals surface area contributed by atoms with Gasteiger partial charge < -0.3 is 19.5 Å². The number of thiophene rings is 1. The summed E-state index contributed by atoms with van der Waals surface area (Å²) in [7, 11) is 4.45. The highest BCUT2D eigenvalue weighted by Crippen LogP contribution is 2.39. The molecule has 0 atom stereocenters. The molecule has 7 nitrogen and oxygen atoms in total. The number of ether oxygens (including phenoxy) is 3. The number of carbonyl (C=O) groups is 1. The maximum atomic E-state index is 12.7. The number of nitrogens with zero attached hydrogens (tertiary/aromatic N) is 1. The first-order valence-corrected chi connectivity index (χ1v) is 10.2. The van der Waals surface area contributed by atoms with Crippen molar-refractivity contribution in [2.45, 2.75) is 25.7 Å². The van der Waals surface area contributed by atoms with E-state index in [1.54, 1.807) is 12.1 Å². The molecule has 1 aliphatic carbocycles. The molecule has 29 heavy (non-hydrogen) atoms. The Morgan fingerprint density at radius 2 is 1.79 bits per heavy atom. The fourth-order valence-corrected chi connectivity index (χ4v) is 4.80. The molecule has 0 bridgehead atoms. The Hall–Kier alpha value is -2.83. The van der Waals surface area contributed by atoms with Crippen molar-refractivity contribution < 1.29 is 19.0 Å². The fourth-order valence-electron chi connectivity index (χ4n) is 3.29. The van der Waals surface area contributed by atoms with Gasteiger partial charge in [0.15, 0.2) is 16.6 Å². The Morgan fingerprint density at radius 3 is 2.38 bits per heavy atom. The smallest absolute Gasteiger partial charge is 0.257 e. The third-order valence-corrected chi connectivity index (χ3v) is 6.08. The average molecular weight is 432 g/mol. The van der Waals surface area contributed by atoms with Crippen LogP contribution in [0.1, 0.15) is 39.2 Å². The van der Waals surface area contributed by atoms with Crippen molar-refractivity contribution in [1.82, 2.24) is 5.32 Å². The van der Waals surface area contributed by atoms with E-state index in [2.05, 4.69) is 16.7 Å². The minimum absolute atomic E-state index is 0.124. The molecular formula is C20H21N3O4S2. The lowest BCUT2D eigenvalue weighted by Crippen LogP contribution is -2.34. The van der Waals surface area contributed by atoms with Crippen LogP contribution in [0.5, 0.6) is 17.2 Å². The van der Waals surface area contributed by atoms with E-state index in [1.807, 2.05) is 0 Å². The fraction of sp³-hybridized carbons (Fsp3) is 0.350. The number of methoxy groups -OCH3 is 3. The van der Waals surface area contributed by atoms with Gasteiger partial charge in [-0.3, -0.25) is 10.1 Å². The molecule has 1 aromatic carbocycles. The molecule has 0 unspecified atom stereocenters. The van der Waals surface area contributed by atoms with Gasteiger partial charge in [-0.1, -0.05) is 0 Å². The normalized spacial score (nSPS) is 12.3. The summed E-state index contributed by atoms with van der Waals surface area (Å²) in [4.78, 5) is 13.9. The van der Waals surface area contributed by atoms with Crippen LogP contribution in [-0.2, 0) is 12.8 Å². The van der Waals surface area contributed by atoms with Crippen molar-refractivity contribution in [2.24, 2.45) is 0 Å². The van der Waals surface area contributed by atoms with Gasteiger partial charge in [-0.15, -0.1) is 11.3 Å². The van der Waals surface area contributed by atoms with E-state index in [1.165, 1.54) is 37.5 Å². The molecule has 1 aliphatic rings. The number of nitrogens with one attached hydrogen (secondary N) is 2. The first-order chi connectivity index (χ1) is 14.0. The van der Waals surface area contributed by atoms with Crippen molar-refractivity contribution in [3.63, 3.8) is 0 Å². The number of benzene rings is 1. The highest BCUT2D eigenvalue weighted by molar-refractivity contribution is 7.80. The predicted octanol–water partition coefficient (Wildman–Crippen LogP) is 3.65. The van der Waals surface area contributed by atoms with E-state index >= 15 is 0 Å². The van der Waals surface area contributed by atoms with Crippen molar-refractivity contribution in [1.29, 1.82) is 5.26 Å². The quantitative estimate of drug-likeness (QED) is 0.698. The molecule has 1 aromatic heterocycles. The Balaban J connectivity index is 1.77. The van der Waals surface area contributed by atoms with Crippen LogP contribution in [0.3, 0.4) is 0 Å². The molecular weight excluding hydrogens is 410 g/mol. The van der Waals surface area contributed by atoms with Crippen LogP contribution in [-0.4, -0.2) is 32.3 Å². The Labute approximate surface area is 178 Å². The highest BCUT2D eigenvalue weighted by atomic mass is 32.1. The van der Waals surface area contributed by atoms with Gasteiger partial charge in [0.2, 0.25) is 5.75 Å². The first kappa shape index (κ1) is 20.9. The lowest BCUT2D eigenvalue weighted by Gasteiger charge is -2.14. The number of carbonyl (C=O) groups excluding carboxylic acids is 1. The summed E-state index contributed by atoms with van der Waals surface area (Å²) in [6.07, 6.45) is 4.09. The molecule has 0 saturated carbocycles. The van der Waals surface area contributed by atoms with E-state index in [0.717, 1.165) is 31.2 Å². The number of thiocarbonyl (C=S) groups is 1. The summed E-state index contributed by atoms with van der Waals surface area (Å²) < 4.78 is 15.8. The second kappa shape index (κ2) is 9.11. The molecule has 3 rings (SSSR count). The minimum atomic E-state index is -0.429. The van der Waals surface area contributed by atoms with Crippen molar-refractivity contribution in [2.75, 3.05) is 26.6 Å². The summed E-state index contributed by atoms with van der Waals surface area (Å²) in [6, 6.07) is 5.36. The van der Waals surface area contributed by atoms with Crippen molar-refractivity contribution >= 4 is 39.6 Å². The van der Waals surface area contributed by atoms with E-state index in [0.29, 0.717) is 33.4 Å². The minimum Gasteiger partial charge on any atom is -0.493 e. The maximum absolute atomic E-state index is 12.7. The van der Waals surface area contributed by atoms with Gasteiger partial charge in [0.05, 0.1) is 26.9 Å². The van der Waals surface area contributed by atoms with Crippen LogP contribution >= 0.6 is 23.6 Å². The number of anilines is 1. The molecule has 152 valence electrons. The van der Waals surface area contributed by atoms with Gasteiger partial charge in [0.25, 0.3) is 5.91 Å². The topological polar surface area (TPSA) is 92.6 Å². The maximum Gasteiger partial charge on any atom is 0.257 e. The van der Waals surface area contributed by atoms with Crippen LogP contribution in [0.25, 0.3) is 0 Å². The molecule has 2 N–H and O–H groups in total. The summed E-state index contributed by atoms with van der Waals surface area (Å²) in [5, 5.41) is 16.0. The average Bonchev–Trinajstić information content (AvgIpc) is 3.08. The second-order valence-electron chi connectivity index (χ2n) is 6.35. The SMILES string of the molecule is COc1cc(C(=O)NC(=S)Nc2sc3c(c2C#N)CCCC3)cc(OC)c1OC. The monoisotopic (exact) mass is 431 g/mol. The summed E-state index contributed by atoms with van der Waals surface area (Å²) in [5.41, 5.74) is 2.02. The Morgan fingerprint density at radius 1 is 1.14 bits per heavy atom. The molecule has 0 radical (unpaired) electrons. The number of rotatable bonds is 5. The van der Waals surface area contributed by atoms with Gasteiger partial charge in [-0.05, 0) is 55.6 Å². The predicted molar refractivity (Wildman–Crippen MR) is 115 cm³/mol. The zero-order valence-corrected chi connectivity index (χ0v) is 18.0. The summed E-state index contributed by atoms with van der Waals surface area (Å²) in [6.45, 7) is 0. The summed E-state index contributed by atoms with van der Waals surface area (Å²) in [5.74, 6) is 0.707. The van der Waals surface area contributed by atoms with Crippen molar-refractivity contribution in [3.8, 4) is 23.3 Å². The number of nitriles is 1. The zero-order valence-electron chi connectivity index (χ0n) is 16.4. The zero-order chi connectivity index (χ0) is 21.0. The first-order valence-electron chi connectivity index (χ1n) is 8.99. The molecule has 1 amide bonds. The van der Waals surface area contributed by atoms with Crippen LogP contribution < -0.4 is 24.8 Å². The van der Waals surface area contributed by atoms with Crippen LogP contribution in [0.15, 0.2) is 12.1 Å². The molecule has 0 fully saturated rings. The van der Waals surface area contributed by atoms with Gasteiger partial charge in [-0.25, -0.2) is 0 Å². The Bertz CT molecular complexity index is 969. The highest BCUT2D eigenvalue weighted by Gasteiger charge is 2.22. The molecule has 0 aliphatic heterocycles. The van der Waals surface area contributed by atoms with Gasteiger partial charge in [0.1, 0.15) is 11.1 Å². The van der Waals surface area contributed by atoms with E-state index in [4.69, 9.17) is 26.4 Å². The van der Waals surface area contributed by atoms with Crippen molar-refractivity contribution in [3.05, 3.63) is 33.7 Å². The number of fused-ring (bicyclic) bond motifs is 1. The molecule has 2 aromatic rings. The standard InChI is InChI=1S/C20H21N3O4S2/c1-25-14-8-11(9-15(26-2)17(14)27-3)18(24)22-20(28)23-19-13(10-21)12-6-4-5-7-16(12)29-19/h8-9H,4-7H2,1-3H3,(H2,22,23,24,28). The van der Waals surface area contributed by atoms with Crippen LogP contribution in [0.2, 0.25) is 0 Å². The van der Waals surface area contributed by atoms with E-state index in [9.17, 15) is 10.1 Å². The van der Waals surface area contributed by atoms with Gasteiger partial charge >= 0.3 is 0 Å². The largest absolute Gasteiger partial charge is 0.493 e. The van der Waals surface area contributed by atoms with E-state index < -0.39 is 5.91 Å². The van der Waals surface area contributed by atoms with Crippen LogP contribution in [0.4, 0.5) is 5.00 Å². The third kappa shape index (κ3) is 4.28. The molecule has 1 heterocycles. The summed E-state index contributed by atoms with van der Waals surface area (Å²) >= 11 is 6.82. The molecule has 0 spiro atoms. The number of hydrogen-bond donors (Lipinski definition) is 2. The number of aryl methyl sites for hydroxylation is 1. The van der Waals surface area contributed by atoms with Gasteiger partial charge in [0, 0.05) is 10.4 Å². The lowest BCUT2D eigenvalue weighted by atomic mass is 9.96. The van der Waals surface area contributed by atoms with Crippen LogP contribution in [0, 0.1) is 11.3 Å². The Kier molecular flexibility index (Phi) is 6.56. The number of hydrogen-bond acceptors (Lipinski definition) is 7. The second-order valence-corrected chi connectivity index (χ2v) is 7.86. The van der Waals surface area contributed by atoms with E-state index in [-0.39, 0.29) is 5.11 Å². The van der Waals surface area contributed by atoms with Gasteiger partial charge in [-0.2, -0.15) is 5.26 Å². The lowest BCUT2D eigenvalue weighted by molar-refractivity contribution is 0.0977. The molecule has 9 heteroatoms. The third-order valence-electron chi connectivity index (χ3n) is 4.66. The number of amides is 1.